The molecule has 0 aliphatic heterocycles. The number of nitrogens with zero attached hydrogens (tertiary/aromatic N) is 3. The molecule has 0 saturated carbocycles. The van der Waals surface area contributed by atoms with Crippen LogP contribution in [0.5, 0.6) is 0 Å². The summed E-state index contributed by atoms with van der Waals surface area (Å²) in [6.45, 7) is 4.96. The third-order valence-electron chi connectivity index (χ3n) is 2.93. The quantitative estimate of drug-likeness (QED) is 0.766. The molecule has 0 aliphatic rings. The molecular weight excluding hydrogens is 258 g/mol. The highest BCUT2D eigenvalue weighted by Gasteiger charge is 2.08. The molecule has 0 bridgehead atoms. The minimum Gasteiger partial charge on any atom is -0.356 e. The highest BCUT2D eigenvalue weighted by molar-refractivity contribution is 7.15. The summed E-state index contributed by atoms with van der Waals surface area (Å²) in [6.07, 6.45) is 1.83. The van der Waals surface area contributed by atoms with Crippen molar-refractivity contribution in [2.45, 2.75) is 26.3 Å². The van der Waals surface area contributed by atoms with Gasteiger partial charge in [-0.15, -0.1) is 10.2 Å². The number of aromatic nitrogens is 4. The van der Waals surface area contributed by atoms with Gasteiger partial charge >= 0.3 is 0 Å². The number of aromatic amines is 1. The second-order valence-corrected chi connectivity index (χ2v) is 5.71. The maximum Gasteiger partial charge on any atom is 0.205 e. The van der Waals surface area contributed by atoms with Crippen LogP contribution in [-0.4, -0.2) is 20.4 Å². The van der Waals surface area contributed by atoms with Crippen molar-refractivity contribution in [2.24, 2.45) is 0 Å². The van der Waals surface area contributed by atoms with Gasteiger partial charge in [0.25, 0.3) is 0 Å². The van der Waals surface area contributed by atoms with Gasteiger partial charge in [-0.2, -0.15) is 5.10 Å². The van der Waals surface area contributed by atoms with Crippen LogP contribution in [-0.2, 0) is 6.54 Å². The minimum atomic E-state index is 0.420. The number of hydrogen-bond acceptors (Lipinski definition) is 5. The lowest BCUT2D eigenvalue weighted by Gasteiger charge is -2.03. The number of fused-ring (bicyclic) bond motifs is 1. The van der Waals surface area contributed by atoms with Crippen LogP contribution in [0.4, 0.5) is 5.13 Å². The second kappa shape index (κ2) is 4.97. The first kappa shape index (κ1) is 12.1. The van der Waals surface area contributed by atoms with Gasteiger partial charge in [0.2, 0.25) is 5.13 Å². The van der Waals surface area contributed by atoms with Crippen molar-refractivity contribution in [1.82, 2.24) is 20.4 Å². The van der Waals surface area contributed by atoms with Gasteiger partial charge in [-0.25, -0.2) is 0 Å². The number of anilines is 1. The lowest BCUT2D eigenvalue weighted by molar-refractivity contribution is 0.824. The van der Waals surface area contributed by atoms with E-state index in [-0.39, 0.29) is 0 Å². The lowest BCUT2D eigenvalue weighted by Crippen LogP contribution is -1.99. The van der Waals surface area contributed by atoms with Crippen LogP contribution in [0, 0.1) is 0 Å². The van der Waals surface area contributed by atoms with Crippen LogP contribution >= 0.6 is 11.3 Å². The normalized spacial score (nSPS) is 11.3. The largest absolute Gasteiger partial charge is 0.356 e. The SMILES string of the molecule is CC(C)c1nnc(NCc2cccc3cn[nH]c23)s1. The van der Waals surface area contributed by atoms with E-state index in [4.69, 9.17) is 0 Å². The van der Waals surface area contributed by atoms with Crippen molar-refractivity contribution < 1.29 is 0 Å². The van der Waals surface area contributed by atoms with Crippen LogP contribution in [0.3, 0.4) is 0 Å². The Morgan fingerprint density at radius 2 is 2.21 bits per heavy atom. The summed E-state index contributed by atoms with van der Waals surface area (Å²) in [5.74, 6) is 0.420. The topological polar surface area (TPSA) is 66.5 Å². The van der Waals surface area contributed by atoms with E-state index in [0.29, 0.717) is 12.5 Å². The molecular formula is C13H15N5S. The molecule has 0 fully saturated rings. The number of para-hydroxylation sites is 1. The van der Waals surface area contributed by atoms with Gasteiger partial charge < -0.3 is 5.32 Å². The average molecular weight is 273 g/mol. The van der Waals surface area contributed by atoms with Gasteiger partial charge in [0.15, 0.2) is 0 Å². The third-order valence-corrected chi connectivity index (χ3v) is 4.11. The molecule has 2 N–H and O–H groups in total. The van der Waals surface area contributed by atoms with E-state index in [9.17, 15) is 0 Å². The van der Waals surface area contributed by atoms with Crippen molar-refractivity contribution in [1.29, 1.82) is 0 Å². The van der Waals surface area contributed by atoms with E-state index in [0.717, 1.165) is 21.0 Å². The van der Waals surface area contributed by atoms with Gasteiger partial charge in [-0.05, 0) is 5.56 Å². The molecule has 5 nitrogen and oxygen atoms in total. The molecule has 1 aromatic carbocycles. The Labute approximate surface area is 115 Å². The summed E-state index contributed by atoms with van der Waals surface area (Å²) in [6, 6.07) is 6.16. The summed E-state index contributed by atoms with van der Waals surface area (Å²) >= 11 is 1.61. The fourth-order valence-electron chi connectivity index (χ4n) is 1.89. The molecule has 6 heteroatoms. The van der Waals surface area contributed by atoms with E-state index >= 15 is 0 Å². The smallest absolute Gasteiger partial charge is 0.205 e. The molecule has 2 aromatic heterocycles. The maximum absolute atomic E-state index is 4.17. The van der Waals surface area contributed by atoms with Gasteiger partial charge in [-0.3, -0.25) is 5.10 Å². The van der Waals surface area contributed by atoms with Crippen molar-refractivity contribution in [2.75, 3.05) is 5.32 Å². The molecule has 3 rings (SSSR count). The zero-order valence-electron chi connectivity index (χ0n) is 10.8. The Morgan fingerprint density at radius 1 is 1.32 bits per heavy atom. The Morgan fingerprint density at radius 3 is 3.00 bits per heavy atom. The first-order valence-electron chi connectivity index (χ1n) is 6.22. The van der Waals surface area contributed by atoms with Crippen molar-refractivity contribution >= 4 is 27.4 Å². The Hall–Kier alpha value is -1.95. The molecule has 98 valence electrons. The fourth-order valence-corrected chi connectivity index (χ4v) is 2.63. The highest BCUT2D eigenvalue weighted by atomic mass is 32.1. The molecule has 3 aromatic rings. The number of rotatable bonds is 4. The van der Waals surface area contributed by atoms with Crippen molar-refractivity contribution in [3.05, 3.63) is 35.0 Å². The van der Waals surface area contributed by atoms with Crippen molar-refractivity contribution in [3.8, 4) is 0 Å². The van der Waals surface area contributed by atoms with E-state index in [1.807, 2.05) is 18.3 Å². The molecule has 0 aliphatic carbocycles. The van der Waals surface area contributed by atoms with Crippen LogP contribution in [0.1, 0.15) is 30.3 Å². The summed E-state index contributed by atoms with van der Waals surface area (Å²) < 4.78 is 0. The van der Waals surface area contributed by atoms with Gasteiger partial charge in [0.1, 0.15) is 5.01 Å². The summed E-state index contributed by atoms with van der Waals surface area (Å²) in [7, 11) is 0. The van der Waals surface area contributed by atoms with Gasteiger partial charge in [0.05, 0.1) is 11.7 Å². The maximum atomic E-state index is 4.17. The molecule has 19 heavy (non-hydrogen) atoms. The van der Waals surface area contributed by atoms with E-state index in [2.05, 4.69) is 45.6 Å². The van der Waals surface area contributed by atoms with E-state index < -0.39 is 0 Å². The zero-order valence-corrected chi connectivity index (χ0v) is 11.7. The van der Waals surface area contributed by atoms with E-state index in [1.54, 1.807) is 11.3 Å². The molecule has 2 heterocycles. The second-order valence-electron chi connectivity index (χ2n) is 4.71. The minimum absolute atomic E-state index is 0.420. The Kier molecular flexibility index (Phi) is 3.16. The summed E-state index contributed by atoms with van der Waals surface area (Å²) in [4.78, 5) is 0. The fraction of sp³-hybridized carbons (Fsp3) is 0.308. The molecule has 0 spiro atoms. The standard InChI is InChI=1S/C13H15N5S/c1-8(2)12-17-18-13(19-12)14-6-9-4-3-5-10-7-15-16-11(9)10/h3-5,7-8H,6H2,1-2H3,(H,14,18)(H,15,16). The number of hydrogen-bond donors (Lipinski definition) is 2. The van der Waals surface area contributed by atoms with Gasteiger partial charge in [-0.1, -0.05) is 43.4 Å². The lowest BCUT2D eigenvalue weighted by atomic mass is 10.1. The Balaban J connectivity index is 1.76. The van der Waals surface area contributed by atoms with Crippen LogP contribution < -0.4 is 5.32 Å². The molecule has 0 amide bonds. The highest BCUT2D eigenvalue weighted by Crippen LogP contribution is 2.23. The Bertz CT molecular complexity index is 685. The number of H-pyrrole nitrogens is 1. The molecule has 0 unspecified atom stereocenters. The first-order chi connectivity index (χ1) is 9.24. The van der Waals surface area contributed by atoms with Crippen LogP contribution in [0.2, 0.25) is 0 Å². The van der Waals surface area contributed by atoms with Crippen molar-refractivity contribution in [3.63, 3.8) is 0 Å². The number of benzene rings is 1. The van der Waals surface area contributed by atoms with E-state index in [1.165, 1.54) is 5.56 Å². The first-order valence-corrected chi connectivity index (χ1v) is 7.04. The number of nitrogens with one attached hydrogen (secondary N) is 2. The zero-order chi connectivity index (χ0) is 13.2. The molecule has 0 radical (unpaired) electrons. The van der Waals surface area contributed by atoms with Gasteiger partial charge in [0, 0.05) is 17.8 Å². The predicted molar refractivity (Wildman–Crippen MR) is 77.4 cm³/mol. The average Bonchev–Trinajstić information content (AvgIpc) is 3.05. The summed E-state index contributed by atoms with van der Waals surface area (Å²) in [5.41, 5.74) is 2.25. The monoisotopic (exact) mass is 273 g/mol. The van der Waals surface area contributed by atoms with Crippen LogP contribution in [0.25, 0.3) is 10.9 Å². The predicted octanol–water partition coefficient (Wildman–Crippen LogP) is 3.15. The molecule has 0 atom stereocenters. The summed E-state index contributed by atoms with van der Waals surface area (Å²) in [5, 5.41) is 21.8. The van der Waals surface area contributed by atoms with Crippen LogP contribution in [0.15, 0.2) is 24.4 Å². The third kappa shape index (κ3) is 2.44. The molecule has 0 saturated heterocycles.